The molecule has 0 spiro atoms. The van der Waals surface area contributed by atoms with Gasteiger partial charge in [0.05, 0.1) is 5.41 Å². The number of fused-ring (bicyclic) bond motifs is 3. The van der Waals surface area contributed by atoms with Crippen LogP contribution < -0.4 is 10.6 Å². The standard InChI is InChI=1S/C41H32N2O2/c1-27-11-15-29(16-12-27)39(44)42-33-23-19-31(20-24-33)41(37-9-5-3-7-35(37)36-8-4-6-10-38(36)41)32-21-25-34(26-22-32)43-40(45)30-17-13-28(2)14-18-30/h3-26H,1-2H3,(H,42,44)(H,43,45). The zero-order chi connectivity index (χ0) is 31.0. The molecule has 0 bridgehead atoms. The fraction of sp³-hybridized carbons (Fsp3) is 0.0732. The summed E-state index contributed by atoms with van der Waals surface area (Å²) >= 11 is 0. The second kappa shape index (κ2) is 11.4. The first-order valence-electron chi connectivity index (χ1n) is 15.1. The normalized spacial score (nSPS) is 12.6. The summed E-state index contributed by atoms with van der Waals surface area (Å²) in [5, 5.41) is 6.10. The Morgan fingerprint density at radius 1 is 0.444 bits per heavy atom. The maximum absolute atomic E-state index is 13.0. The second-order valence-corrected chi connectivity index (χ2v) is 11.6. The monoisotopic (exact) mass is 584 g/mol. The minimum atomic E-state index is -0.591. The molecule has 6 aromatic rings. The van der Waals surface area contributed by atoms with Gasteiger partial charge in [0.1, 0.15) is 0 Å². The third kappa shape index (κ3) is 5.00. The summed E-state index contributed by atoms with van der Waals surface area (Å²) in [4.78, 5) is 25.9. The number of rotatable bonds is 6. The maximum Gasteiger partial charge on any atom is 0.255 e. The van der Waals surface area contributed by atoms with Crippen LogP contribution in [0.15, 0.2) is 146 Å². The predicted octanol–water partition coefficient (Wildman–Crippen LogP) is 9.17. The van der Waals surface area contributed by atoms with E-state index in [4.69, 9.17) is 0 Å². The molecule has 2 amide bonds. The van der Waals surface area contributed by atoms with Gasteiger partial charge in [0.15, 0.2) is 0 Å². The smallest absolute Gasteiger partial charge is 0.255 e. The van der Waals surface area contributed by atoms with Gasteiger partial charge < -0.3 is 10.6 Å². The molecule has 0 unspecified atom stereocenters. The lowest BCUT2D eigenvalue weighted by Gasteiger charge is -2.34. The van der Waals surface area contributed by atoms with E-state index in [0.29, 0.717) is 11.1 Å². The summed E-state index contributed by atoms with van der Waals surface area (Å²) in [5.74, 6) is -0.283. The molecule has 2 N–H and O–H groups in total. The summed E-state index contributed by atoms with van der Waals surface area (Å²) in [6.45, 7) is 4.01. The highest BCUT2D eigenvalue weighted by Gasteiger charge is 2.45. The summed E-state index contributed by atoms with van der Waals surface area (Å²) in [7, 11) is 0. The fourth-order valence-electron chi connectivity index (χ4n) is 6.45. The van der Waals surface area contributed by atoms with Crippen LogP contribution in [0.5, 0.6) is 0 Å². The van der Waals surface area contributed by atoms with Gasteiger partial charge in [-0.15, -0.1) is 0 Å². The van der Waals surface area contributed by atoms with Gasteiger partial charge in [0, 0.05) is 22.5 Å². The number of aryl methyl sites for hydroxylation is 2. The van der Waals surface area contributed by atoms with Gasteiger partial charge in [-0.05, 0) is 95.8 Å². The summed E-state index contributed by atoms with van der Waals surface area (Å²) in [5.41, 5.74) is 11.3. The Kier molecular flexibility index (Phi) is 7.11. The topological polar surface area (TPSA) is 58.2 Å². The number of hydrogen-bond donors (Lipinski definition) is 2. The van der Waals surface area contributed by atoms with E-state index < -0.39 is 5.41 Å². The molecule has 6 aromatic carbocycles. The van der Waals surface area contributed by atoms with Crippen molar-refractivity contribution in [2.75, 3.05) is 10.6 Å². The van der Waals surface area contributed by atoms with Crippen molar-refractivity contribution >= 4 is 23.2 Å². The highest BCUT2D eigenvalue weighted by molar-refractivity contribution is 6.05. The number of hydrogen-bond acceptors (Lipinski definition) is 2. The number of nitrogens with one attached hydrogen (secondary N) is 2. The van der Waals surface area contributed by atoms with Crippen LogP contribution in [0.4, 0.5) is 11.4 Å². The van der Waals surface area contributed by atoms with Crippen molar-refractivity contribution in [3.05, 3.63) is 190 Å². The van der Waals surface area contributed by atoms with E-state index in [9.17, 15) is 9.59 Å². The van der Waals surface area contributed by atoms with Crippen LogP contribution >= 0.6 is 0 Å². The molecular formula is C41H32N2O2. The predicted molar refractivity (Wildman–Crippen MR) is 182 cm³/mol. The van der Waals surface area contributed by atoms with Crippen molar-refractivity contribution in [2.24, 2.45) is 0 Å². The lowest BCUT2D eigenvalue weighted by molar-refractivity contribution is 0.101. The minimum Gasteiger partial charge on any atom is -0.322 e. The fourth-order valence-corrected chi connectivity index (χ4v) is 6.45. The molecular weight excluding hydrogens is 552 g/mol. The molecule has 0 atom stereocenters. The second-order valence-electron chi connectivity index (χ2n) is 11.6. The molecule has 7 rings (SSSR count). The SMILES string of the molecule is Cc1ccc(C(=O)Nc2ccc(C3(c4ccc(NC(=O)c5ccc(C)cc5)cc4)c4ccccc4-c4ccccc43)cc2)cc1. The van der Waals surface area contributed by atoms with E-state index in [1.165, 1.54) is 22.3 Å². The number of amides is 2. The maximum atomic E-state index is 13.0. The average Bonchev–Trinajstić information content (AvgIpc) is 3.37. The summed E-state index contributed by atoms with van der Waals surface area (Å²) < 4.78 is 0. The van der Waals surface area contributed by atoms with Crippen LogP contribution in [0.1, 0.15) is 54.1 Å². The minimum absolute atomic E-state index is 0.141. The van der Waals surface area contributed by atoms with Crippen LogP contribution in [-0.2, 0) is 5.41 Å². The Hall–Kier alpha value is -5.74. The van der Waals surface area contributed by atoms with Gasteiger partial charge >= 0.3 is 0 Å². The molecule has 0 saturated carbocycles. The molecule has 4 heteroatoms. The van der Waals surface area contributed by atoms with Gasteiger partial charge in [-0.3, -0.25) is 9.59 Å². The molecule has 218 valence electrons. The van der Waals surface area contributed by atoms with Crippen LogP contribution in [0.2, 0.25) is 0 Å². The van der Waals surface area contributed by atoms with Crippen LogP contribution in [0, 0.1) is 13.8 Å². The zero-order valence-corrected chi connectivity index (χ0v) is 25.2. The van der Waals surface area contributed by atoms with E-state index in [2.05, 4.69) is 83.4 Å². The van der Waals surface area contributed by atoms with E-state index in [1.54, 1.807) is 0 Å². The average molecular weight is 585 g/mol. The highest BCUT2D eigenvalue weighted by Crippen LogP contribution is 2.56. The van der Waals surface area contributed by atoms with Crippen molar-refractivity contribution < 1.29 is 9.59 Å². The number of carbonyl (C=O) groups excluding carboxylic acids is 2. The Morgan fingerprint density at radius 2 is 0.800 bits per heavy atom. The first kappa shape index (κ1) is 28.1. The van der Waals surface area contributed by atoms with Gasteiger partial charge in [-0.2, -0.15) is 0 Å². The van der Waals surface area contributed by atoms with Crippen LogP contribution in [0.25, 0.3) is 11.1 Å². The van der Waals surface area contributed by atoms with Crippen molar-refractivity contribution in [3.8, 4) is 11.1 Å². The summed E-state index contributed by atoms with van der Waals surface area (Å²) in [6, 6.07) is 48.6. The molecule has 1 aliphatic carbocycles. The molecule has 0 fully saturated rings. The van der Waals surface area contributed by atoms with E-state index in [0.717, 1.165) is 33.6 Å². The van der Waals surface area contributed by atoms with Gasteiger partial charge in [0.25, 0.3) is 11.8 Å². The van der Waals surface area contributed by atoms with Gasteiger partial charge in [0.2, 0.25) is 0 Å². The molecule has 0 aliphatic heterocycles. The van der Waals surface area contributed by atoms with E-state index in [1.807, 2.05) is 86.6 Å². The molecule has 45 heavy (non-hydrogen) atoms. The van der Waals surface area contributed by atoms with Crippen molar-refractivity contribution in [2.45, 2.75) is 19.3 Å². The third-order valence-electron chi connectivity index (χ3n) is 8.73. The molecule has 0 aromatic heterocycles. The molecule has 1 aliphatic rings. The van der Waals surface area contributed by atoms with E-state index >= 15 is 0 Å². The van der Waals surface area contributed by atoms with Crippen LogP contribution in [0.3, 0.4) is 0 Å². The number of anilines is 2. The molecule has 0 heterocycles. The molecule has 0 radical (unpaired) electrons. The third-order valence-corrected chi connectivity index (χ3v) is 8.73. The first-order valence-corrected chi connectivity index (χ1v) is 15.1. The van der Waals surface area contributed by atoms with Crippen LogP contribution in [-0.4, -0.2) is 11.8 Å². The van der Waals surface area contributed by atoms with Gasteiger partial charge in [-0.1, -0.05) is 108 Å². The van der Waals surface area contributed by atoms with Crippen molar-refractivity contribution in [3.63, 3.8) is 0 Å². The largest absolute Gasteiger partial charge is 0.322 e. The van der Waals surface area contributed by atoms with Gasteiger partial charge in [-0.25, -0.2) is 0 Å². The molecule has 0 saturated heterocycles. The Labute approximate surface area is 263 Å². The summed E-state index contributed by atoms with van der Waals surface area (Å²) in [6.07, 6.45) is 0. The Morgan fingerprint density at radius 3 is 1.18 bits per heavy atom. The zero-order valence-electron chi connectivity index (χ0n) is 25.2. The molecule has 4 nitrogen and oxygen atoms in total. The first-order chi connectivity index (χ1) is 21.9. The van der Waals surface area contributed by atoms with E-state index in [-0.39, 0.29) is 11.8 Å². The Balaban J connectivity index is 1.28. The lowest BCUT2D eigenvalue weighted by Crippen LogP contribution is -2.28. The van der Waals surface area contributed by atoms with Crippen molar-refractivity contribution in [1.29, 1.82) is 0 Å². The number of carbonyl (C=O) groups is 2. The van der Waals surface area contributed by atoms with Crippen molar-refractivity contribution in [1.82, 2.24) is 0 Å². The Bertz CT molecular complexity index is 1870. The number of benzene rings is 6. The quantitative estimate of drug-likeness (QED) is 0.205. The highest BCUT2D eigenvalue weighted by atomic mass is 16.2. The lowest BCUT2D eigenvalue weighted by atomic mass is 9.67.